The molecule has 0 heterocycles. The Labute approximate surface area is 66.8 Å². The van der Waals surface area contributed by atoms with Crippen LogP contribution in [0.2, 0.25) is 0 Å². The Morgan fingerprint density at radius 3 is 2.27 bits per heavy atom. The van der Waals surface area contributed by atoms with E-state index in [4.69, 9.17) is 5.73 Å². The standard InChI is InChI=1S/C9H12N2/c1-7(11-2)8-3-5-9(10)6-4-8/h3-6H,10H2,1-2H3. The van der Waals surface area contributed by atoms with Crippen LogP contribution < -0.4 is 5.73 Å². The van der Waals surface area contributed by atoms with Crippen LogP contribution in [-0.4, -0.2) is 12.8 Å². The minimum Gasteiger partial charge on any atom is -0.399 e. The minimum atomic E-state index is 0.789. The zero-order valence-corrected chi connectivity index (χ0v) is 6.83. The van der Waals surface area contributed by atoms with Gasteiger partial charge in [-0.25, -0.2) is 0 Å². The van der Waals surface area contributed by atoms with E-state index in [1.165, 1.54) is 0 Å². The van der Waals surface area contributed by atoms with Crippen molar-refractivity contribution in [2.24, 2.45) is 4.99 Å². The van der Waals surface area contributed by atoms with Crippen LogP contribution in [0, 0.1) is 0 Å². The van der Waals surface area contributed by atoms with Crippen molar-refractivity contribution in [3.63, 3.8) is 0 Å². The van der Waals surface area contributed by atoms with Crippen molar-refractivity contribution >= 4 is 11.4 Å². The van der Waals surface area contributed by atoms with E-state index in [0.717, 1.165) is 17.0 Å². The largest absolute Gasteiger partial charge is 0.399 e. The SMILES string of the molecule is CN=C(C)c1ccc(N)cc1. The average Bonchev–Trinajstić information content (AvgIpc) is 2.05. The molecular formula is C9H12N2. The van der Waals surface area contributed by atoms with Crippen LogP contribution >= 0.6 is 0 Å². The van der Waals surface area contributed by atoms with E-state index < -0.39 is 0 Å². The first-order valence-corrected chi connectivity index (χ1v) is 3.53. The topological polar surface area (TPSA) is 38.4 Å². The smallest absolute Gasteiger partial charge is 0.0386 e. The molecule has 0 saturated heterocycles. The van der Waals surface area contributed by atoms with Gasteiger partial charge in [-0.3, -0.25) is 4.99 Å². The molecule has 0 atom stereocenters. The van der Waals surface area contributed by atoms with E-state index >= 15 is 0 Å². The van der Waals surface area contributed by atoms with Crippen molar-refractivity contribution in [2.75, 3.05) is 12.8 Å². The highest BCUT2D eigenvalue weighted by Crippen LogP contribution is 2.05. The number of rotatable bonds is 1. The lowest BCUT2D eigenvalue weighted by molar-refractivity contribution is 1.41. The van der Waals surface area contributed by atoms with E-state index in [1.54, 1.807) is 7.05 Å². The lowest BCUT2D eigenvalue weighted by Crippen LogP contribution is -1.94. The Morgan fingerprint density at radius 1 is 1.27 bits per heavy atom. The number of benzene rings is 1. The predicted octanol–water partition coefficient (Wildman–Crippen LogP) is 1.71. The molecule has 0 bridgehead atoms. The van der Waals surface area contributed by atoms with E-state index in [1.807, 2.05) is 31.2 Å². The maximum atomic E-state index is 5.53. The third kappa shape index (κ3) is 1.80. The first kappa shape index (κ1) is 7.79. The van der Waals surface area contributed by atoms with E-state index in [0.29, 0.717) is 0 Å². The third-order valence-corrected chi connectivity index (χ3v) is 1.66. The molecule has 2 N–H and O–H groups in total. The van der Waals surface area contributed by atoms with Crippen molar-refractivity contribution in [3.05, 3.63) is 29.8 Å². The van der Waals surface area contributed by atoms with Crippen LogP contribution in [0.1, 0.15) is 12.5 Å². The van der Waals surface area contributed by atoms with Crippen LogP contribution in [-0.2, 0) is 0 Å². The van der Waals surface area contributed by atoms with Crippen LogP contribution in [0.5, 0.6) is 0 Å². The molecule has 1 aromatic rings. The highest BCUT2D eigenvalue weighted by Gasteiger charge is 1.93. The Morgan fingerprint density at radius 2 is 1.82 bits per heavy atom. The fraction of sp³-hybridized carbons (Fsp3) is 0.222. The van der Waals surface area contributed by atoms with Crippen molar-refractivity contribution in [1.29, 1.82) is 0 Å². The number of nitrogens with zero attached hydrogens (tertiary/aromatic N) is 1. The molecule has 0 amide bonds. The summed E-state index contributed by atoms with van der Waals surface area (Å²) < 4.78 is 0. The molecule has 0 aliphatic carbocycles. The van der Waals surface area contributed by atoms with Crippen LogP contribution in [0.25, 0.3) is 0 Å². The molecule has 0 saturated carbocycles. The van der Waals surface area contributed by atoms with E-state index in [-0.39, 0.29) is 0 Å². The third-order valence-electron chi connectivity index (χ3n) is 1.66. The van der Waals surface area contributed by atoms with E-state index in [9.17, 15) is 0 Å². The quantitative estimate of drug-likeness (QED) is 0.478. The van der Waals surface area contributed by atoms with Gasteiger partial charge in [0.2, 0.25) is 0 Å². The molecule has 1 rings (SSSR count). The van der Waals surface area contributed by atoms with Crippen LogP contribution in [0.15, 0.2) is 29.3 Å². The summed E-state index contributed by atoms with van der Waals surface area (Å²) in [6, 6.07) is 7.70. The van der Waals surface area contributed by atoms with Gasteiger partial charge < -0.3 is 5.73 Å². The second-order valence-electron chi connectivity index (χ2n) is 2.43. The molecule has 2 nitrogen and oxygen atoms in total. The monoisotopic (exact) mass is 148 g/mol. The molecule has 0 aliphatic heterocycles. The summed E-state index contributed by atoms with van der Waals surface area (Å²) in [5, 5.41) is 0. The zero-order valence-electron chi connectivity index (χ0n) is 6.83. The fourth-order valence-electron chi connectivity index (χ4n) is 0.853. The summed E-state index contributed by atoms with van der Waals surface area (Å²) >= 11 is 0. The molecule has 1 aromatic carbocycles. The summed E-state index contributed by atoms with van der Waals surface area (Å²) in [6.07, 6.45) is 0. The number of nitrogen functional groups attached to an aromatic ring is 1. The van der Waals surface area contributed by atoms with Gasteiger partial charge in [0.1, 0.15) is 0 Å². The highest BCUT2D eigenvalue weighted by atomic mass is 14.7. The molecule has 0 fully saturated rings. The summed E-state index contributed by atoms with van der Waals surface area (Å²) in [5.41, 5.74) is 8.48. The van der Waals surface area contributed by atoms with Crippen molar-refractivity contribution in [3.8, 4) is 0 Å². The van der Waals surface area contributed by atoms with Gasteiger partial charge in [0.25, 0.3) is 0 Å². The zero-order chi connectivity index (χ0) is 8.27. The Kier molecular flexibility index (Phi) is 2.26. The number of anilines is 1. The van der Waals surface area contributed by atoms with Gasteiger partial charge >= 0.3 is 0 Å². The maximum Gasteiger partial charge on any atom is 0.0386 e. The molecule has 0 aliphatic rings. The van der Waals surface area contributed by atoms with Gasteiger partial charge in [-0.15, -0.1) is 0 Å². The normalized spacial score (nSPS) is 11.6. The first-order valence-electron chi connectivity index (χ1n) is 3.53. The van der Waals surface area contributed by atoms with Gasteiger partial charge in [-0.2, -0.15) is 0 Å². The molecule has 0 aromatic heterocycles. The van der Waals surface area contributed by atoms with Gasteiger partial charge in [0.15, 0.2) is 0 Å². The summed E-state index contributed by atoms with van der Waals surface area (Å²) in [6.45, 7) is 1.98. The van der Waals surface area contributed by atoms with Crippen molar-refractivity contribution in [1.82, 2.24) is 0 Å². The van der Waals surface area contributed by atoms with Crippen molar-refractivity contribution in [2.45, 2.75) is 6.92 Å². The minimum absolute atomic E-state index is 0.789. The molecule has 11 heavy (non-hydrogen) atoms. The van der Waals surface area contributed by atoms with Crippen LogP contribution in [0.4, 0.5) is 5.69 Å². The maximum absolute atomic E-state index is 5.53. The number of nitrogens with two attached hydrogens (primary N) is 1. The molecular weight excluding hydrogens is 136 g/mol. The number of hydrogen-bond donors (Lipinski definition) is 1. The lowest BCUT2D eigenvalue weighted by Gasteiger charge is -1.98. The summed E-state index contributed by atoms with van der Waals surface area (Å²) in [4.78, 5) is 4.06. The molecule has 58 valence electrons. The van der Waals surface area contributed by atoms with Crippen LogP contribution in [0.3, 0.4) is 0 Å². The fourth-order valence-corrected chi connectivity index (χ4v) is 0.853. The lowest BCUT2D eigenvalue weighted by atomic mass is 10.1. The van der Waals surface area contributed by atoms with Gasteiger partial charge in [0.05, 0.1) is 0 Å². The number of aliphatic imine (C=N–C) groups is 1. The van der Waals surface area contributed by atoms with E-state index in [2.05, 4.69) is 4.99 Å². The van der Waals surface area contributed by atoms with Gasteiger partial charge in [-0.05, 0) is 24.6 Å². The molecule has 0 unspecified atom stereocenters. The summed E-state index contributed by atoms with van der Waals surface area (Å²) in [5.74, 6) is 0. The van der Waals surface area contributed by atoms with Gasteiger partial charge in [-0.1, -0.05) is 12.1 Å². The second-order valence-corrected chi connectivity index (χ2v) is 2.43. The Balaban J connectivity index is 2.99. The molecule has 0 spiro atoms. The predicted molar refractivity (Wildman–Crippen MR) is 49.0 cm³/mol. The average molecular weight is 148 g/mol. The first-order chi connectivity index (χ1) is 5.24. The van der Waals surface area contributed by atoms with Crippen molar-refractivity contribution < 1.29 is 0 Å². The van der Waals surface area contributed by atoms with Gasteiger partial charge in [0, 0.05) is 18.4 Å². The highest BCUT2D eigenvalue weighted by molar-refractivity contribution is 5.98. The number of hydrogen-bond acceptors (Lipinski definition) is 2. The summed E-state index contributed by atoms with van der Waals surface area (Å²) in [7, 11) is 1.78. The molecule has 0 radical (unpaired) electrons. The molecule has 2 heteroatoms. The second kappa shape index (κ2) is 3.19. The Bertz CT molecular complexity index is 259. The Hall–Kier alpha value is -1.31.